The summed E-state index contributed by atoms with van der Waals surface area (Å²) < 4.78 is 4.60. The van der Waals surface area contributed by atoms with Crippen molar-refractivity contribution < 1.29 is 0 Å². The molecular weight excluding hydrogens is 733 g/mol. The zero-order chi connectivity index (χ0) is 39.6. The number of hydrogen-bond donors (Lipinski definition) is 0. The predicted molar refractivity (Wildman–Crippen MR) is 245 cm³/mol. The normalized spacial score (nSPS) is 11.7. The second-order valence-corrected chi connectivity index (χ2v) is 15.0. The van der Waals surface area contributed by atoms with Crippen molar-refractivity contribution in [1.29, 1.82) is 0 Å². The first-order valence-corrected chi connectivity index (χ1v) is 20.2. The Hall–Kier alpha value is -8.22. The van der Waals surface area contributed by atoms with Gasteiger partial charge in [-0.15, -0.1) is 0 Å². The molecule has 6 nitrogen and oxygen atoms in total. The topological polar surface area (TPSA) is 60.9 Å². The minimum atomic E-state index is 0.554. The van der Waals surface area contributed by atoms with E-state index in [1.54, 1.807) is 0 Å². The van der Waals surface area contributed by atoms with Gasteiger partial charge in [0, 0.05) is 49.2 Å². The van der Waals surface area contributed by atoms with Crippen LogP contribution in [0.5, 0.6) is 0 Å². The van der Waals surface area contributed by atoms with E-state index < -0.39 is 0 Å². The summed E-state index contributed by atoms with van der Waals surface area (Å²) in [7, 11) is 0. The van der Waals surface area contributed by atoms with Crippen LogP contribution >= 0.6 is 0 Å². The molecule has 4 aromatic heterocycles. The van der Waals surface area contributed by atoms with E-state index in [-0.39, 0.29) is 0 Å². The van der Waals surface area contributed by atoms with Gasteiger partial charge in [-0.05, 0) is 29.3 Å². The van der Waals surface area contributed by atoms with Crippen LogP contribution in [0, 0.1) is 0 Å². The molecule has 0 aliphatic rings. The van der Waals surface area contributed by atoms with E-state index in [9.17, 15) is 0 Å². The molecule has 60 heavy (non-hydrogen) atoms. The second-order valence-electron chi connectivity index (χ2n) is 15.0. The highest BCUT2D eigenvalue weighted by molar-refractivity contribution is 6.31. The molecule has 12 rings (SSSR count). The van der Waals surface area contributed by atoms with Crippen LogP contribution in [0.2, 0.25) is 0 Å². The highest BCUT2D eigenvalue weighted by Crippen LogP contribution is 2.45. The van der Waals surface area contributed by atoms with Gasteiger partial charge in [-0.3, -0.25) is 8.97 Å². The molecule has 0 atom stereocenters. The Bertz CT molecular complexity index is 3500. The van der Waals surface area contributed by atoms with Crippen molar-refractivity contribution in [1.82, 2.24) is 28.9 Å². The molecule has 8 aromatic carbocycles. The van der Waals surface area contributed by atoms with Gasteiger partial charge >= 0.3 is 0 Å². The van der Waals surface area contributed by atoms with E-state index >= 15 is 0 Å². The fourth-order valence-corrected chi connectivity index (χ4v) is 8.87. The molecule has 0 fully saturated rings. The number of imidazole rings is 1. The molecule has 0 spiro atoms. The largest absolute Gasteiger partial charge is 0.291 e. The number of aromatic nitrogens is 6. The molecular formula is C54H34N6. The van der Waals surface area contributed by atoms with Gasteiger partial charge in [0.2, 0.25) is 5.95 Å². The van der Waals surface area contributed by atoms with Gasteiger partial charge in [0.1, 0.15) is 5.82 Å². The van der Waals surface area contributed by atoms with Gasteiger partial charge in [0.05, 0.1) is 27.8 Å². The van der Waals surface area contributed by atoms with E-state index in [0.29, 0.717) is 17.6 Å². The number of rotatable bonds is 6. The quantitative estimate of drug-likeness (QED) is 0.158. The number of hydrogen-bond acceptors (Lipinski definition) is 4. The fraction of sp³-hybridized carbons (Fsp3) is 0. The molecule has 0 N–H and O–H groups in total. The Morgan fingerprint density at radius 3 is 1.47 bits per heavy atom. The molecule has 0 bridgehead atoms. The first kappa shape index (κ1) is 33.9. The molecule has 0 saturated heterocycles. The van der Waals surface area contributed by atoms with Crippen LogP contribution in [-0.2, 0) is 0 Å². The molecule has 6 heteroatoms. The van der Waals surface area contributed by atoms with Crippen LogP contribution in [0.15, 0.2) is 206 Å². The Balaban J connectivity index is 1.26. The predicted octanol–water partition coefficient (Wildman–Crippen LogP) is 13.3. The van der Waals surface area contributed by atoms with Gasteiger partial charge in [0.25, 0.3) is 0 Å². The summed E-state index contributed by atoms with van der Waals surface area (Å²) >= 11 is 0. The Morgan fingerprint density at radius 2 is 0.833 bits per heavy atom. The zero-order valence-corrected chi connectivity index (χ0v) is 32.3. The van der Waals surface area contributed by atoms with Crippen LogP contribution in [0.3, 0.4) is 0 Å². The van der Waals surface area contributed by atoms with E-state index in [1.807, 2.05) is 36.4 Å². The maximum atomic E-state index is 5.48. The third kappa shape index (κ3) is 5.35. The summed E-state index contributed by atoms with van der Waals surface area (Å²) in [5.74, 6) is 2.69. The van der Waals surface area contributed by atoms with Gasteiger partial charge < -0.3 is 0 Å². The first-order chi connectivity index (χ1) is 29.8. The average Bonchev–Trinajstić information content (AvgIpc) is 3.90. The maximum Gasteiger partial charge on any atom is 0.238 e. The van der Waals surface area contributed by atoms with E-state index in [1.165, 1.54) is 0 Å². The maximum absolute atomic E-state index is 5.48. The number of para-hydroxylation sites is 1. The summed E-state index contributed by atoms with van der Waals surface area (Å²) in [6, 6.07) is 72.0. The summed E-state index contributed by atoms with van der Waals surface area (Å²) in [5.41, 5.74) is 11.3. The van der Waals surface area contributed by atoms with Crippen molar-refractivity contribution in [3.63, 3.8) is 0 Å². The van der Waals surface area contributed by atoms with Gasteiger partial charge in [-0.25, -0.2) is 9.97 Å². The number of benzene rings is 8. The average molecular weight is 767 g/mol. The zero-order valence-electron chi connectivity index (χ0n) is 32.3. The molecule has 0 amide bonds. The minimum absolute atomic E-state index is 0.554. The third-order valence-corrected chi connectivity index (χ3v) is 11.6. The number of nitrogens with zero attached hydrogens (tertiary/aromatic N) is 6. The van der Waals surface area contributed by atoms with Crippen LogP contribution in [-0.4, -0.2) is 28.9 Å². The van der Waals surface area contributed by atoms with Gasteiger partial charge in [-0.2, -0.15) is 9.97 Å². The van der Waals surface area contributed by atoms with Crippen LogP contribution in [0.1, 0.15) is 0 Å². The highest BCUT2D eigenvalue weighted by Gasteiger charge is 2.25. The van der Waals surface area contributed by atoms with Crippen molar-refractivity contribution in [3.05, 3.63) is 206 Å². The molecule has 0 radical (unpaired) electrons. The number of fused-ring (bicyclic) bond motifs is 10. The Kier molecular flexibility index (Phi) is 7.74. The lowest BCUT2D eigenvalue weighted by atomic mass is 9.97. The van der Waals surface area contributed by atoms with E-state index in [0.717, 1.165) is 93.9 Å². The smallest absolute Gasteiger partial charge is 0.238 e. The third-order valence-electron chi connectivity index (χ3n) is 11.6. The SMILES string of the molecule is c1ccc(-c2ccc3c4c5c6ccccc6n6c(-c7ccccc7)nc(-c7ccccc7)c6c5ccc4n(-c4nc(-c5ccccc5)nc(-c5ccccc5)n4)c3c2)cc1. The van der Waals surface area contributed by atoms with Crippen molar-refractivity contribution in [2.45, 2.75) is 0 Å². The Labute approximate surface area is 345 Å². The summed E-state index contributed by atoms with van der Waals surface area (Å²) in [6.07, 6.45) is 0. The second kappa shape index (κ2) is 13.7. The Morgan fingerprint density at radius 1 is 0.317 bits per heavy atom. The molecule has 0 aliphatic carbocycles. The van der Waals surface area contributed by atoms with Crippen molar-refractivity contribution in [2.75, 3.05) is 0 Å². The van der Waals surface area contributed by atoms with Crippen LogP contribution in [0.4, 0.5) is 0 Å². The van der Waals surface area contributed by atoms with Crippen molar-refractivity contribution in [2.24, 2.45) is 0 Å². The summed E-state index contributed by atoms with van der Waals surface area (Å²) in [4.78, 5) is 21.1. The summed E-state index contributed by atoms with van der Waals surface area (Å²) in [5, 5.41) is 5.65. The van der Waals surface area contributed by atoms with Gasteiger partial charge in [0.15, 0.2) is 11.6 Å². The van der Waals surface area contributed by atoms with Crippen molar-refractivity contribution in [3.8, 4) is 62.5 Å². The first-order valence-electron chi connectivity index (χ1n) is 20.2. The lowest BCUT2D eigenvalue weighted by molar-refractivity contribution is 0.954. The summed E-state index contributed by atoms with van der Waals surface area (Å²) in [6.45, 7) is 0. The van der Waals surface area contributed by atoms with Gasteiger partial charge in [-0.1, -0.05) is 188 Å². The minimum Gasteiger partial charge on any atom is -0.291 e. The van der Waals surface area contributed by atoms with E-state index in [4.69, 9.17) is 19.9 Å². The van der Waals surface area contributed by atoms with E-state index in [2.05, 4.69) is 179 Å². The monoisotopic (exact) mass is 766 g/mol. The molecule has 0 unspecified atom stereocenters. The fourth-order valence-electron chi connectivity index (χ4n) is 8.87. The van der Waals surface area contributed by atoms with Crippen molar-refractivity contribution >= 4 is 49.0 Å². The van der Waals surface area contributed by atoms with Crippen LogP contribution < -0.4 is 0 Å². The molecule has 280 valence electrons. The van der Waals surface area contributed by atoms with Crippen LogP contribution in [0.25, 0.3) is 111 Å². The standard InChI is InChI=1S/C54H34N6/c1-6-18-35(19-7-1)40-30-31-42-46(34-40)59(54-57-51(37-22-10-3-11-23-37)56-52(58-54)38-24-12-4-13-25-38)45-33-32-43-47(48(42)45)41-28-16-17-29-44(41)60-50(43)49(36-20-8-2-9-21-36)55-53(60)39-26-14-5-15-27-39/h1-34H. The molecule has 4 heterocycles. The molecule has 12 aromatic rings. The molecule has 0 saturated carbocycles. The number of pyridine rings is 1. The molecule has 0 aliphatic heterocycles. The lowest BCUT2D eigenvalue weighted by Gasteiger charge is -2.14. The highest BCUT2D eigenvalue weighted by atomic mass is 15.2. The lowest BCUT2D eigenvalue weighted by Crippen LogP contribution is -2.06.